The van der Waals surface area contributed by atoms with Crippen molar-refractivity contribution in [1.82, 2.24) is 19.9 Å². The maximum absolute atomic E-state index is 15.3. The topological polar surface area (TPSA) is 100 Å². The van der Waals surface area contributed by atoms with Crippen molar-refractivity contribution in [3.05, 3.63) is 41.7 Å². The van der Waals surface area contributed by atoms with Crippen LogP contribution >= 0.6 is 0 Å². The average molecular weight is 517 g/mol. The van der Waals surface area contributed by atoms with E-state index in [0.29, 0.717) is 5.69 Å². The van der Waals surface area contributed by atoms with Gasteiger partial charge in [-0.1, -0.05) is 0 Å². The molecule has 196 valence electrons. The SMILES string of the molecule is NC(=O)CN1CC[C@@H](CNc2ncnc(N(Cc3ccc(C(F)(F)F)cn3)C3CC3)c2F)C(F)(F)C1. The molecule has 1 atom stereocenters. The van der Waals surface area contributed by atoms with Crippen molar-refractivity contribution in [3.8, 4) is 0 Å². The number of rotatable bonds is 9. The van der Waals surface area contributed by atoms with Crippen LogP contribution in [0.1, 0.15) is 30.5 Å². The van der Waals surface area contributed by atoms with Crippen molar-refractivity contribution in [1.29, 1.82) is 0 Å². The molecule has 1 saturated carbocycles. The molecule has 0 aromatic carbocycles. The van der Waals surface area contributed by atoms with Crippen LogP contribution in [0.15, 0.2) is 24.7 Å². The van der Waals surface area contributed by atoms with Gasteiger partial charge in [-0.25, -0.2) is 18.7 Å². The molecule has 8 nitrogen and oxygen atoms in total. The third kappa shape index (κ3) is 6.15. The summed E-state index contributed by atoms with van der Waals surface area (Å²) in [6, 6.07) is 2.06. The van der Waals surface area contributed by atoms with Gasteiger partial charge in [0.1, 0.15) is 6.33 Å². The first-order chi connectivity index (χ1) is 16.9. The van der Waals surface area contributed by atoms with Crippen LogP contribution in [0.4, 0.5) is 38.0 Å². The third-order valence-electron chi connectivity index (χ3n) is 6.24. The van der Waals surface area contributed by atoms with Crippen LogP contribution in [-0.4, -0.2) is 63.9 Å². The van der Waals surface area contributed by atoms with E-state index in [4.69, 9.17) is 5.73 Å². The summed E-state index contributed by atoms with van der Waals surface area (Å²) >= 11 is 0. The zero-order valence-corrected chi connectivity index (χ0v) is 19.1. The Labute approximate surface area is 202 Å². The number of halogens is 6. The number of nitrogens with one attached hydrogen (secondary N) is 1. The Bertz CT molecular complexity index is 1080. The van der Waals surface area contributed by atoms with Crippen molar-refractivity contribution in [2.75, 3.05) is 36.4 Å². The number of likely N-dealkylation sites (tertiary alicyclic amines) is 1. The molecule has 1 saturated heterocycles. The molecule has 0 spiro atoms. The quantitative estimate of drug-likeness (QED) is 0.494. The number of carbonyl (C=O) groups is 1. The summed E-state index contributed by atoms with van der Waals surface area (Å²) in [4.78, 5) is 25.6. The van der Waals surface area contributed by atoms with Gasteiger partial charge in [0.2, 0.25) is 11.7 Å². The Kier molecular flexibility index (Phi) is 7.25. The highest BCUT2D eigenvalue weighted by molar-refractivity contribution is 5.75. The van der Waals surface area contributed by atoms with Crippen molar-refractivity contribution in [2.24, 2.45) is 11.7 Å². The third-order valence-corrected chi connectivity index (χ3v) is 6.24. The number of pyridine rings is 1. The number of piperidine rings is 1. The van der Waals surface area contributed by atoms with E-state index < -0.39 is 41.8 Å². The molecule has 14 heteroatoms. The number of amides is 1. The minimum atomic E-state index is -4.52. The van der Waals surface area contributed by atoms with Gasteiger partial charge in [0, 0.05) is 24.7 Å². The molecular formula is C22H25F6N7O. The van der Waals surface area contributed by atoms with Crippen LogP contribution in [0, 0.1) is 11.7 Å². The number of aromatic nitrogens is 3. The van der Waals surface area contributed by atoms with E-state index >= 15 is 4.39 Å². The molecule has 1 aliphatic carbocycles. The molecule has 0 radical (unpaired) electrons. The highest BCUT2D eigenvalue weighted by Crippen LogP contribution is 2.36. The van der Waals surface area contributed by atoms with Gasteiger partial charge in [0.15, 0.2) is 11.6 Å². The summed E-state index contributed by atoms with van der Waals surface area (Å²) < 4.78 is 83.0. The molecule has 2 fully saturated rings. The first-order valence-electron chi connectivity index (χ1n) is 11.4. The maximum Gasteiger partial charge on any atom is 0.417 e. The molecule has 0 unspecified atom stereocenters. The summed E-state index contributed by atoms with van der Waals surface area (Å²) in [6.07, 6.45) is -1.15. The molecule has 36 heavy (non-hydrogen) atoms. The molecule has 0 bridgehead atoms. The summed E-state index contributed by atoms with van der Waals surface area (Å²) in [7, 11) is 0. The average Bonchev–Trinajstić information content (AvgIpc) is 3.62. The molecule has 1 aliphatic heterocycles. The lowest BCUT2D eigenvalue weighted by atomic mass is 9.92. The minimum absolute atomic E-state index is 0.0204. The van der Waals surface area contributed by atoms with Crippen LogP contribution < -0.4 is 16.0 Å². The van der Waals surface area contributed by atoms with E-state index in [-0.39, 0.29) is 50.3 Å². The minimum Gasteiger partial charge on any atom is -0.369 e. The standard InChI is InChI=1S/C22H25F6N7O/c23-18-19(31-7-13-5-6-34(10-17(29)36)11-21(13,24)25)32-12-33-20(18)35(16-3-4-16)9-15-2-1-14(8-30-15)22(26,27)28/h1-2,8,12-13,16H,3-7,9-11H2,(H2,29,36)(H,31,32,33)/t13-/m0/s1. The molecule has 2 aliphatic rings. The van der Waals surface area contributed by atoms with E-state index in [1.165, 1.54) is 11.0 Å². The second-order valence-electron chi connectivity index (χ2n) is 9.06. The number of hydrogen-bond acceptors (Lipinski definition) is 7. The zero-order chi connectivity index (χ0) is 26.1. The van der Waals surface area contributed by atoms with Crippen molar-refractivity contribution in [3.63, 3.8) is 0 Å². The number of anilines is 2. The molecular weight excluding hydrogens is 492 g/mol. The predicted molar refractivity (Wildman–Crippen MR) is 118 cm³/mol. The second-order valence-corrected chi connectivity index (χ2v) is 9.06. The summed E-state index contributed by atoms with van der Waals surface area (Å²) in [5.41, 5.74) is 4.50. The van der Waals surface area contributed by atoms with Crippen LogP contribution in [0.2, 0.25) is 0 Å². The molecule has 2 aromatic heterocycles. The number of nitrogens with zero attached hydrogens (tertiary/aromatic N) is 5. The van der Waals surface area contributed by atoms with Crippen LogP contribution in [0.25, 0.3) is 0 Å². The molecule has 3 heterocycles. The predicted octanol–water partition coefficient (Wildman–Crippen LogP) is 3.05. The first-order valence-corrected chi connectivity index (χ1v) is 11.4. The zero-order valence-electron chi connectivity index (χ0n) is 19.1. The fraction of sp³-hybridized carbons (Fsp3) is 0.545. The molecule has 1 amide bonds. The molecule has 4 rings (SSSR count). The Morgan fingerprint density at radius 1 is 1.19 bits per heavy atom. The van der Waals surface area contributed by atoms with Gasteiger partial charge in [0.05, 0.1) is 30.9 Å². The fourth-order valence-electron chi connectivity index (χ4n) is 4.19. The number of nitrogens with two attached hydrogens (primary N) is 1. The number of hydrogen-bond donors (Lipinski definition) is 2. The van der Waals surface area contributed by atoms with E-state index in [1.54, 1.807) is 4.90 Å². The highest BCUT2D eigenvalue weighted by atomic mass is 19.4. The van der Waals surface area contributed by atoms with Crippen LogP contribution in [-0.2, 0) is 17.5 Å². The summed E-state index contributed by atoms with van der Waals surface area (Å²) in [6.45, 7) is -0.876. The van der Waals surface area contributed by atoms with Crippen LogP contribution in [0.5, 0.6) is 0 Å². The summed E-state index contributed by atoms with van der Waals surface area (Å²) in [5, 5.41) is 2.65. The monoisotopic (exact) mass is 517 g/mol. The van der Waals surface area contributed by atoms with Crippen molar-refractivity contribution < 1.29 is 31.1 Å². The Morgan fingerprint density at radius 2 is 1.94 bits per heavy atom. The lowest BCUT2D eigenvalue weighted by Crippen LogP contribution is -2.52. The Morgan fingerprint density at radius 3 is 2.53 bits per heavy atom. The Hall–Kier alpha value is -3.16. The smallest absolute Gasteiger partial charge is 0.369 e. The van der Waals surface area contributed by atoms with Crippen LogP contribution in [0.3, 0.4) is 0 Å². The molecule has 2 aromatic rings. The van der Waals surface area contributed by atoms with Gasteiger partial charge < -0.3 is 16.0 Å². The summed E-state index contributed by atoms with van der Waals surface area (Å²) in [5.74, 6) is -6.10. The lowest BCUT2D eigenvalue weighted by Gasteiger charge is -2.37. The number of primary amides is 1. The van der Waals surface area contributed by atoms with E-state index in [2.05, 4.69) is 20.3 Å². The van der Waals surface area contributed by atoms with E-state index in [1.807, 2.05) is 0 Å². The largest absolute Gasteiger partial charge is 0.417 e. The van der Waals surface area contributed by atoms with Gasteiger partial charge in [-0.05, 0) is 37.9 Å². The molecule has 3 N–H and O–H groups in total. The van der Waals surface area contributed by atoms with Crippen molar-refractivity contribution >= 4 is 17.5 Å². The lowest BCUT2D eigenvalue weighted by molar-refractivity contribution is -0.137. The van der Waals surface area contributed by atoms with Crippen molar-refractivity contribution in [2.45, 2.75) is 43.9 Å². The van der Waals surface area contributed by atoms with Gasteiger partial charge in [0.25, 0.3) is 5.92 Å². The van der Waals surface area contributed by atoms with Gasteiger partial charge in [-0.15, -0.1) is 0 Å². The fourth-order valence-corrected chi connectivity index (χ4v) is 4.19. The number of carbonyl (C=O) groups excluding carboxylic acids is 1. The number of alkyl halides is 5. The second kappa shape index (κ2) is 10.1. The van der Waals surface area contributed by atoms with Gasteiger partial charge in [-0.2, -0.15) is 17.6 Å². The Balaban J connectivity index is 1.45. The normalized spacial score (nSPS) is 20.2. The maximum atomic E-state index is 15.3. The first kappa shape index (κ1) is 25.9. The van der Waals surface area contributed by atoms with E-state index in [9.17, 15) is 26.7 Å². The van der Waals surface area contributed by atoms with Gasteiger partial charge >= 0.3 is 6.18 Å². The highest BCUT2D eigenvalue weighted by Gasteiger charge is 2.44. The van der Waals surface area contributed by atoms with Gasteiger partial charge in [-0.3, -0.25) is 14.7 Å². The van der Waals surface area contributed by atoms with E-state index in [0.717, 1.165) is 31.4 Å².